The summed E-state index contributed by atoms with van der Waals surface area (Å²) in [5, 5.41) is 10.1. The van der Waals surface area contributed by atoms with Crippen LogP contribution in [0.4, 0.5) is 19.0 Å². The van der Waals surface area contributed by atoms with Crippen LogP contribution in [0.5, 0.6) is 0 Å². The van der Waals surface area contributed by atoms with Crippen molar-refractivity contribution in [3.05, 3.63) is 56.6 Å². The van der Waals surface area contributed by atoms with Crippen LogP contribution < -0.4 is 11.3 Å². The lowest BCUT2D eigenvalue weighted by Gasteiger charge is -2.29. The van der Waals surface area contributed by atoms with Crippen LogP contribution >= 0.6 is 12.2 Å². The summed E-state index contributed by atoms with van der Waals surface area (Å²) in [7, 11) is 0.647. The van der Waals surface area contributed by atoms with Crippen LogP contribution in [-0.4, -0.2) is 33.9 Å². The predicted octanol–water partition coefficient (Wildman–Crippen LogP) is 1.65. The molecule has 0 radical (unpaired) electrons. The maximum Gasteiger partial charge on any atom is 0.432 e. The van der Waals surface area contributed by atoms with E-state index in [1.807, 2.05) is 4.98 Å². The number of carbonyl (C=O) groups is 1. The number of alkyl halides is 3. The summed E-state index contributed by atoms with van der Waals surface area (Å²) in [4.78, 5) is 25.9. The van der Waals surface area contributed by atoms with E-state index in [0.29, 0.717) is 13.5 Å². The lowest BCUT2D eigenvalue weighted by Crippen LogP contribution is -2.53. The fourth-order valence-electron chi connectivity index (χ4n) is 2.55. The van der Waals surface area contributed by atoms with Gasteiger partial charge in [0.05, 0.1) is 7.11 Å². The molecule has 0 amide bonds. The number of aromatic nitrogens is 2. The number of rotatable bonds is 5. The Bertz CT molecular complexity index is 956. The number of aryl methyl sites for hydroxylation is 1. The van der Waals surface area contributed by atoms with Gasteiger partial charge in [0, 0.05) is 6.54 Å². The molecule has 1 aromatic carbocycles. The summed E-state index contributed by atoms with van der Waals surface area (Å²) in [6.45, 7) is 0.00751. The highest BCUT2D eigenvalue weighted by Crippen LogP contribution is 2.40. The van der Waals surface area contributed by atoms with E-state index in [9.17, 15) is 27.9 Å². The molecule has 11 heteroatoms. The summed E-state index contributed by atoms with van der Waals surface area (Å²) in [5.41, 5.74) is -0.485. The normalized spacial score (nSPS) is 13.8. The van der Waals surface area contributed by atoms with E-state index in [1.165, 1.54) is 0 Å². The van der Waals surface area contributed by atoms with E-state index in [4.69, 9.17) is 18.0 Å². The minimum atomic E-state index is -5.55. The number of aromatic amines is 1. The second kappa shape index (κ2) is 7.53. The molecule has 2 aromatic rings. The lowest BCUT2D eigenvalue weighted by molar-refractivity contribution is -0.267. The number of nitrogens with zero attached hydrogens (tertiary/aromatic N) is 1. The first-order valence-corrected chi connectivity index (χ1v) is 7.99. The maximum atomic E-state index is 13.5. The highest BCUT2D eigenvalue weighted by Gasteiger charge is 2.64. The Morgan fingerprint density at radius 2 is 1.93 bits per heavy atom. The molecular weight excluding hydrogens is 387 g/mol. The number of H-pyrrole nitrogens is 1. The third-order valence-corrected chi connectivity index (χ3v) is 4.28. The first-order valence-electron chi connectivity index (χ1n) is 7.58. The first kappa shape index (κ1) is 20.6. The number of carbonyl (C=O) groups excluding carboxylic acids is 1. The van der Waals surface area contributed by atoms with Crippen LogP contribution in [0.1, 0.15) is 11.1 Å². The Balaban J connectivity index is 2.62. The van der Waals surface area contributed by atoms with Crippen molar-refractivity contribution in [2.75, 3.05) is 12.8 Å². The molecule has 7 nitrogen and oxygen atoms in total. The summed E-state index contributed by atoms with van der Waals surface area (Å²) in [6, 6.07) is 8.91. The summed E-state index contributed by atoms with van der Waals surface area (Å²) in [5.74, 6) is -2.86. The van der Waals surface area contributed by atoms with Gasteiger partial charge in [-0.2, -0.15) is 13.2 Å². The lowest BCUT2D eigenvalue weighted by atomic mass is 9.94. The van der Waals surface area contributed by atoms with Crippen LogP contribution in [0.25, 0.3) is 0 Å². The molecule has 1 heterocycles. The standard InChI is InChI=1S/C16H16F3N3O4S/c1-26-13(24)15(25,16(17,18)19)10-11(20)22(14(27)21-12(10)23)8-7-9-5-3-2-4-6-9/h2-6,25H,7-8,20H2,1H3,(H,21,23,27). The number of nitrogens with two attached hydrogens (primary N) is 1. The molecular formula is C16H16F3N3O4S. The number of halogens is 3. The zero-order chi connectivity index (χ0) is 20.4. The summed E-state index contributed by atoms with van der Waals surface area (Å²) >= 11 is 4.96. The third-order valence-electron chi connectivity index (χ3n) is 3.96. The van der Waals surface area contributed by atoms with Gasteiger partial charge in [0.1, 0.15) is 11.4 Å². The van der Waals surface area contributed by atoms with Crippen molar-refractivity contribution in [2.24, 2.45) is 0 Å². The summed E-state index contributed by atoms with van der Waals surface area (Å²) < 4.78 is 45.2. The van der Waals surface area contributed by atoms with Gasteiger partial charge in [-0.25, -0.2) is 4.79 Å². The minimum absolute atomic E-state index is 0.00751. The van der Waals surface area contributed by atoms with Crippen LogP contribution in [0.2, 0.25) is 0 Å². The molecule has 1 aromatic heterocycles. The molecule has 4 N–H and O–H groups in total. The van der Waals surface area contributed by atoms with Gasteiger partial charge in [-0.1, -0.05) is 30.3 Å². The van der Waals surface area contributed by atoms with Crippen LogP contribution in [0.3, 0.4) is 0 Å². The molecule has 0 spiro atoms. The van der Waals surface area contributed by atoms with E-state index in [-0.39, 0.29) is 11.3 Å². The molecule has 0 saturated carbocycles. The number of esters is 1. The quantitative estimate of drug-likeness (QED) is 0.517. The van der Waals surface area contributed by atoms with Crippen molar-refractivity contribution < 1.29 is 27.8 Å². The van der Waals surface area contributed by atoms with E-state index in [2.05, 4.69) is 4.74 Å². The SMILES string of the molecule is COC(=O)C(O)(c1c(N)n(CCc2ccccc2)c(=S)[nH]c1=O)C(F)(F)F. The molecule has 0 bridgehead atoms. The molecule has 1 unspecified atom stereocenters. The zero-order valence-corrected chi connectivity index (χ0v) is 14.9. The fourth-order valence-corrected chi connectivity index (χ4v) is 2.83. The van der Waals surface area contributed by atoms with Crippen LogP contribution in [0, 0.1) is 4.77 Å². The van der Waals surface area contributed by atoms with Gasteiger partial charge in [0.2, 0.25) is 0 Å². The van der Waals surface area contributed by atoms with E-state index in [1.54, 1.807) is 30.3 Å². The number of hydrogen-bond donors (Lipinski definition) is 3. The number of nitrogens with one attached hydrogen (secondary N) is 1. The van der Waals surface area contributed by atoms with Gasteiger partial charge in [-0.05, 0) is 24.2 Å². The van der Waals surface area contributed by atoms with Crippen LogP contribution in [0.15, 0.2) is 35.1 Å². The van der Waals surface area contributed by atoms with Crippen molar-refractivity contribution >= 4 is 24.0 Å². The van der Waals surface area contributed by atoms with Crippen molar-refractivity contribution in [3.8, 4) is 0 Å². The molecule has 0 aliphatic carbocycles. The van der Waals surface area contributed by atoms with Gasteiger partial charge in [-0.3, -0.25) is 9.78 Å². The molecule has 0 aliphatic rings. The molecule has 0 saturated heterocycles. The second-order valence-electron chi connectivity index (χ2n) is 5.61. The van der Waals surface area contributed by atoms with Gasteiger partial charge in [0.25, 0.3) is 11.2 Å². The fraction of sp³-hybridized carbons (Fsp3) is 0.312. The third kappa shape index (κ3) is 3.74. The monoisotopic (exact) mass is 403 g/mol. The number of hydrogen-bond acceptors (Lipinski definition) is 6. The van der Waals surface area contributed by atoms with Crippen molar-refractivity contribution in [1.82, 2.24) is 9.55 Å². The van der Waals surface area contributed by atoms with Crippen molar-refractivity contribution in [3.63, 3.8) is 0 Å². The predicted molar refractivity (Wildman–Crippen MR) is 92.4 cm³/mol. The van der Waals surface area contributed by atoms with Gasteiger partial charge >= 0.3 is 12.1 Å². The zero-order valence-electron chi connectivity index (χ0n) is 14.0. The molecule has 146 valence electrons. The first-order chi connectivity index (χ1) is 12.5. The van der Waals surface area contributed by atoms with Gasteiger partial charge < -0.3 is 20.1 Å². The van der Waals surface area contributed by atoms with E-state index < -0.39 is 34.7 Å². The largest absolute Gasteiger partial charge is 0.466 e. The number of nitrogen functional groups attached to an aromatic ring is 1. The van der Waals surface area contributed by atoms with Gasteiger partial charge in [-0.15, -0.1) is 0 Å². The smallest absolute Gasteiger partial charge is 0.432 e. The number of methoxy groups -OCH3 is 1. The van der Waals surface area contributed by atoms with Crippen LogP contribution in [-0.2, 0) is 28.1 Å². The molecule has 1 atom stereocenters. The average Bonchev–Trinajstić information content (AvgIpc) is 2.60. The molecule has 2 rings (SSSR count). The topological polar surface area (TPSA) is 110 Å². The molecule has 0 aliphatic heterocycles. The Morgan fingerprint density at radius 3 is 2.44 bits per heavy atom. The van der Waals surface area contributed by atoms with Gasteiger partial charge in [0.15, 0.2) is 4.77 Å². The van der Waals surface area contributed by atoms with Crippen molar-refractivity contribution in [1.29, 1.82) is 0 Å². The minimum Gasteiger partial charge on any atom is -0.466 e. The average molecular weight is 403 g/mol. The Morgan fingerprint density at radius 1 is 1.33 bits per heavy atom. The maximum absolute atomic E-state index is 13.5. The number of anilines is 1. The number of benzene rings is 1. The Hall–Kier alpha value is -2.66. The number of aliphatic hydroxyl groups is 1. The number of ether oxygens (including phenoxy) is 1. The van der Waals surface area contributed by atoms with Crippen molar-refractivity contribution in [2.45, 2.75) is 24.7 Å². The highest BCUT2D eigenvalue weighted by atomic mass is 32.1. The highest BCUT2D eigenvalue weighted by molar-refractivity contribution is 7.71. The van der Waals surface area contributed by atoms with E-state index in [0.717, 1.165) is 10.1 Å². The Kier molecular flexibility index (Phi) is 5.76. The Labute approximate surface area is 156 Å². The molecule has 0 fully saturated rings. The second-order valence-corrected chi connectivity index (χ2v) is 5.99. The van der Waals surface area contributed by atoms with E-state index >= 15 is 0 Å². The summed E-state index contributed by atoms with van der Waals surface area (Å²) in [6.07, 6.45) is -5.23. The molecule has 27 heavy (non-hydrogen) atoms.